The number of carbonyl (C=O) groups excluding carboxylic acids is 2. The summed E-state index contributed by atoms with van der Waals surface area (Å²) < 4.78 is 0. The molecule has 1 aliphatic rings. The molecule has 0 aliphatic carbocycles. The summed E-state index contributed by atoms with van der Waals surface area (Å²) in [6.07, 6.45) is 0.588. The minimum absolute atomic E-state index is 0.291. The van der Waals surface area contributed by atoms with E-state index >= 15 is 0 Å². The second kappa shape index (κ2) is 6.96. The Kier molecular flexibility index (Phi) is 5.59. The van der Waals surface area contributed by atoms with Crippen molar-refractivity contribution in [2.45, 2.75) is 39.2 Å². The maximum absolute atomic E-state index is 12.1. The summed E-state index contributed by atoms with van der Waals surface area (Å²) >= 11 is 0. The van der Waals surface area contributed by atoms with Crippen molar-refractivity contribution in [3.8, 4) is 0 Å². The summed E-state index contributed by atoms with van der Waals surface area (Å²) in [7, 11) is 0. The third-order valence-electron chi connectivity index (χ3n) is 2.89. The van der Waals surface area contributed by atoms with E-state index in [1.807, 2.05) is 13.8 Å². The lowest BCUT2D eigenvalue weighted by atomic mass is 10.1. The third-order valence-corrected chi connectivity index (χ3v) is 2.89. The largest absolute Gasteiger partial charge is 0.465 e. The molecule has 7 nitrogen and oxygen atoms in total. The Morgan fingerprint density at radius 1 is 1.42 bits per heavy atom. The summed E-state index contributed by atoms with van der Waals surface area (Å²) in [6, 6.07) is -1.28. The van der Waals surface area contributed by atoms with E-state index < -0.39 is 24.1 Å². The van der Waals surface area contributed by atoms with Crippen molar-refractivity contribution in [2.24, 2.45) is 5.92 Å². The predicted octanol–water partition coefficient (Wildman–Crippen LogP) is 1.00. The summed E-state index contributed by atoms with van der Waals surface area (Å²) in [6.45, 7) is 4.73. The van der Waals surface area contributed by atoms with Crippen LogP contribution in [0.15, 0.2) is 0 Å². The molecule has 0 aromatic heterocycles. The van der Waals surface area contributed by atoms with Crippen LogP contribution in [-0.4, -0.2) is 47.2 Å². The molecule has 108 valence electrons. The Balaban J connectivity index is 2.66. The molecule has 0 saturated carbocycles. The Hall–Kier alpha value is -1.79. The lowest BCUT2D eigenvalue weighted by molar-refractivity contribution is -0.129. The fourth-order valence-corrected chi connectivity index (χ4v) is 1.91. The van der Waals surface area contributed by atoms with Gasteiger partial charge in [-0.25, -0.2) is 9.59 Å². The molecule has 1 fully saturated rings. The molecule has 0 bridgehead atoms. The second-order valence-corrected chi connectivity index (χ2v) is 5.07. The van der Waals surface area contributed by atoms with Crippen molar-refractivity contribution in [1.29, 1.82) is 0 Å². The molecule has 1 saturated heterocycles. The van der Waals surface area contributed by atoms with Gasteiger partial charge in [-0.1, -0.05) is 13.8 Å². The first-order valence-corrected chi connectivity index (χ1v) is 6.50. The van der Waals surface area contributed by atoms with Gasteiger partial charge >= 0.3 is 12.1 Å². The third kappa shape index (κ3) is 4.76. The highest BCUT2D eigenvalue weighted by Gasteiger charge is 2.31. The Bertz CT molecular complexity index is 357. The van der Waals surface area contributed by atoms with Crippen LogP contribution < -0.4 is 10.6 Å². The van der Waals surface area contributed by atoms with Crippen molar-refractivity contribution in [3.63, 3.8) is 0 Å². The molecule has 0 radical (unpaired) electrons. The first-order chi connectivity index (χ1) is 8.91. The Morgan fingerprint density at radius 2 is 2.11 bits per heavy atom. The summed E-state index contributed by atoms with van der Waals surface area (Å²) in [5, 5.41) is 13.5. The topological polar surface area (TPSA) is 98.7 Å². The number of nitrogens with one attached hydrogen (secondary N) is 2. The molecule has 1 atom stereocenters. The monoisotopic (exact) mass is 271 g/mol. The highest BCUT2D eigenvalue weighted by Crippen LogP contribution is 2.12. The number of nitrogens with zero attached hydrogens (tertiary/aromatic N) is 1. The van der Waals surface area contributed by atoms with Gasteiger partial charge in [-0.15, -0.1) is 0 Å². The van der Waals surface area contributed by atoms with Gasteiger partial charge in [0.15, 0.2) is 0 Å². The highest BCUT2D eigenvalue weighted by molar-refractivity contribution is 5.98. The van der Waals surface area contributed by atoms with Gasteiger partial charge in [0.2, 0.25) is 0 Å². The fraction of sp³-hybridized carbons (Fsp3) is 0.750. The van der Waals surface area contributed by atoms with Crippen LogP contribution in [0.3, 0.4) is 0 Å². The maximum Gasteiger partial charge on any atom is 0.405 e. The standard InChI is InChI=1S/C12H21N3O4/c1-8(2)7-13-11(17)15-6-4-3-5-9(10(15)16)14-12(18)19/h8-9,14H,3-7H2,1-2H3,(H,13,17)(H,18,19)/t9-/m0/s1. The van der Waals surface area contributed by atoms with Crippen molar-refractivity contribution >= 4 is 18.0 Å². The average molecular weight is 271 g/mol. The van der Waals surface area contributed by atoms with E-state index in [4.69, 9.17) is 5.11 Å². The molecule has 0 aromatic carbocycles. The van der Waals surface area contributed by atoms with Crippen LogP contribution in [-0.2, 0) is 4.79 Å². The minimum Gasteiger partial charge on any atom is -0.465 e. The van der Waals surface area contributed by atoms with Gasteiger partial charge in [0.1, 0.15) is 6.04 Å². The lowest BCUT2D eigenvalue weighted by Crippen LogP contribution is -2.52. The zero-order chi connectivity index (χ0) is 14.4. The number of carboxylic acid groups (broad SMARTS) is 1. The van der Waals surface area contributed by atoms with Gasteiger partial charge in [-0.05, 0) is 25.2 Å². The predicted molar refractivity (Wildman–Crippen MR) is 68.7 cm³/mol. The van der Waals surface area contributed by atoms with Gasteiger partial charge in [-0.2, -0.15) is 0 Å². The zero-order valence-electron chi connectivity index (χ0n) is 11.3. The van der Waals surface area contributed by atoms with Gasteiger partial charge < -0.3 is 15.7 Å². The van der Waals surface area contributed by atoms with Crippen LogP contribution in [0.1, 0.15) is 33.1 Å². The highest BCUT2D eigenvalue weighted by atomic mass is 16.4. The molecular weight excluding hydrogens is 250 g/mol. The quantitative estimate of drug-likeness (QED) is 0.713. The number of hydrogen-bond donors (Lipinski definition) is 3. The van der Waals surface area contributed by atoms with Crippen molar-refractivity contribution in [2.75, 3.05) is 13.1 Å². The number of amides is 4. The van der Waals surface area contributed by atoms with Gasteiger partial charge in [0, 0.05) is 13.1 Å². The molecule has 0 unspecified atom stereocenters. The number of likely N-dealkylation sites (tertiary alicyclic amines) is 1. The molecule has 1 rings (SSSR count). The van der Waals surface area contributed by atoms with E-state index in [0.29, 0.717) is 38.3 Å². The van der Waals surface area contributed by atoms with Gasteiger partial charge in [0.25, 0.3) is 5.91 Å². The van der Waals surface area contributed by atoms with Crippen LogP contribution in [0, 0.1) is 5.92 Å². The maximum atomic E-state index is 12.1. The Labute approximate surface area is 112 Å². The molecule has 7 heteroatoms. The van der Waals surface area contributed by atoms with E-state index in [1.54, 1.807) is 0 Å². The van der Waals surface area contributed by atoms with Crippen molar-refractivity contribution in [1.82, 2.24) is 15.5 Å². The molecule has 4 amide bonds. The number of imide groups is 1. The minimum atomic E-state index is -1.25. The van der Waals surface area contributed by atoms with E-state index in [9.17, 15) is 14.4 Å². The molecule has 3 N–H and O–H groups in total. The van der Waals surface area contributed by atoms with Crippen molar-refractivity contribution in [3.05, 3.63) is 0 Å². The van der Waals surface area contributed by atoms with E-state index in [0.717, 1.165) is 4.90 Å². The number of urea groups is 1. The van der Waals surface area contributed by atoms with Crippen LogP contribution in [0.4, 0.5) is 9.59 Å². The van der Waals surface area contributed by atoms with Gasteiger partial charge in [0.05, 0.1) is 0 Å². The molecule has 1 heterocycles. The lowest BCUT2D eigenvalue weighted by Gasteiger charge is -2.23. The number of carbonyl (C=O) groups is 3. The summed E-state index contributed by atoms with van der Waals surface area (Å²) in [4.78, 5) is 35.8. The number of rotatable bonds is 3. The molecule has 1 aliphatic heterocycles. The molecular formula is C12H21N3O4. The van der Waals surface area contributed by atoms with Crippen LogP contribution >= 0.6 is 0 Å². The molecule has 0 aromatic rings. The van der Waals surface area contributed by atoms with E-state index in [2.05, 4.69) is 10.6 Å². The number of hydrogen-bond acceptors (Lipinski definition) is 3. The van der Waals surface area contributed by atoms with Crippen LogP contribution in [0.2, 0.25) is 0 Å². The first-order valence-electron chi connectivity index (χ1n) is 6.50. The molecule has 19 heavy (non-hydrogen) atoms. The van der Waals surface area contributed by atoms with Crippen LogP contribution in [0.25, 0.3) is 0 Å². The average Bonchev–Trinajstić information content (AvgIpc) is 2.49. The smallest absolute Gasteiger partial charge is 0.405 e. The van der Waals surface area contributed by atoms with E-state index in [1.165, 1.54) is 0 Å². The Morgan fingerprint density at radius 3 is 2.68 bits per heavy atom. The SMILES string of the molecule is CC(C)CNC(=O)N1CCCC[C@H](NC(=O)O)C1=O. The van der Waals surface area contributed by atoms with E-state index in [-0.39, 0.29) is 0 Å². The second-order valence-electron chi connectivity index (χ2n) is 5.07. The first kappa shape index (κ1) is 15.3. The zero-order valence-corrected chi connectivity index (χ0v) is 11.3. The fourth-order valence-electron chi connectivity index (χ4n) is 1.91. The summed E-state index contributed by atoms with van der Waals surface area (Å²) in [5.74, 6) is -0.180. The van der Waals surface area contributed by atoms with Crippen molar-refractivity contribution < 1.29 is 19.5 Å². The summed E-state index contributed by atoms with van der Waals surface area (Å²) in [5.41, 5.74) is 0. The van der Waals surface area contributed by atoms with Crippen LogP contribution in [0.5, 0.6) is 0 Å². The van der Waals surface area contributed by atoms with Gasteiger partial charge in [-0.3, -0.25) is 9.69 Å². The molecule has 0 spiro atoms. The normalized spacial score (nSPS) is 20.1.